The van der Waals surface area contributed by atoms with Gasteiger partial charge in [-0.3, -0.25) is 4.79 Å². The van der Waals surface area contributed by atoms with Crippen LogP contribution >= 0.6 is 0 Å². The van der Waals surface area contributed by atoms with E-state index < -0.39 is 17.4 Å². The number of halogens is 1. The number of fused-ring (bicyclic) bond motifs is 1. The molecule has 162 valence electrons. The quantitative estimate of drug-likeness (QED) is 0.725. The Bertz CT molecular complexity index is 1220. The number of carboxylic acid groups (broad SMARTS) is 1. The Kier molecular flexibility index (Phi) is 4.33. The number of aromatic nitrogens is 1. The molecular formula is C22H22FN3O5. The second kappa shape index (κ2) is 6.84. The van der Waals surface area contributed by atoms with Crippen LogP contribution in [0.5, 0.6) is 11.5 Å². The van der Waals surface area contributed by atoms with Crippen molar-refractivity contribution < 1.29 is 23.8 Å². The van der Waals surface area contributed by atoms with Gasteiger partial charge in [0, 0.05) is 31.0 Å². The van der Waals surface area contributed by atoms with Crippen molar-refractivity contribution in [2.45, 2.75) is 13.0 Å². The Balaban J connectivity index is 1.71. The highest BCUT2D eigenvalue weighted by Gasteiger charge is 2.45. The molecule has 1 aromatic heterocycles. The number of pyridine rings is 1. The molecule has 3 heterocycles. The highest BCUT2D eigenvalue weighted by atomic mass is 19.1. The van der Waals surface area contributed by atoms with E-state index in [1.54, 1.807) is 4.57 Å². The molecule has 1 saturated heterocycles. The number of nitrogens with zero attached hydrogens (tertiary/aromatic N) is 2. The second-order valence-electron chi connectivity index (χ2n) is 8.36. The number of hydrogen-bond donors (Lipinski definition) is 2. The van der Waals surface area contributed by atoms with E-state index in [2.05, 4.69) is 16.9 Å². The molecule has 1 aromatic carbocycles. The van der Waals surface area contributed by atoms with Gasteiger partial charge in [0.1, 0.15) is 12.3 Å². The van der Waals surface area contributed by atoms with Crippen LogP contribution in [-0.4, -0.2) is 42.1 Å². The fraction of sp³-hybridized carbons (Fsp3) is 0.364. The first-order valence-electron chi connectivity index (χ1n) is 10.1. The summed E-state index contributed by atoms with van der Waals surface area (Å²) in [5.74, 6) is -0.546. The van der Waals surface area contributed by atoms with Crippen molar-refractivity contribution in [3.05, 3.63) is 52.6 Å². The Morgan fingerprint density at radius 2 is 2.26 bits per heavy atom. The minimum Gasteiger partial charge on any atom is -0.487 e. The lowest BCUT2D eigenvalue weighted by Gasteiger charge is -2.32. The number of benzene rings is 1. The molecule has 3 atom stereocenters. The average Bonchev–Trinajstić information content (AvgIpc) is 3.12. The maximum absolute atomic E-state index is 15.5. The Labute approximate surface area is 176 Å². The van der Waals surface area contributed by atoms with Crippen molar-refractivity contribution in [2.24, 2.45) is 17.1 Å². The number of rotatable bonds is 3. The van der Waals surface area contributed by atoms with Gasteiger partial charge in [-0.15, -0.1) is 0 Å². The number of hydrogen-bond acceptors (Lipinski definition) is 6. The summed E-state index contributed by atoms with van der Waals surface area (Å²) < 4.78 is 27.8. The van der Waals surface area contributed by atoms with E-state index in [1.165, 1.54) is 6.20 Å². The minimum atomic E-state index is -1.60. The third-order valence-corrected chi connectivity index (χ3v) is 6.53. The second-order valence-corrected chi connectivity index (χ2v) is 8.36. The van der Waals surface area contributed by atoms with Crippen molar-refractivity contribution in [1.29, 1.82) is 0 Å². The molecule has 1 aliphatic carbocycles. The van der Waals surface area contributed by atoms with Gasteiger partial charge in [-0.2, -0.15) is 0 Å². The van der Waals surface area contributed by atoms with E-state index in [9.17, 15) is 9.59 Å². The third kappa shape index (κ3) is 2.83. The molecule has 3 N–H and O–H groups in total. The molecule has 2 aliphatic heterocycles. The van der Waals surface area contributed by atoms with Crippen LogP contribution in [0.15, 0.2) is 41.4 Å². The highest BCUT2D eigenvalue weighted by Crippen LogP contribution is 2.48. The van der Waals surface area contributed by atoms with Crippen molar-refractivity contribution in [3.63, 3.8) is 0 Å². The maximum atomic E-state index is 15.5. The summed E-state index contributed by atoms with van der Waals surface area (Å²) >= 11 is 0. The Morgan fingerprint density at radius 3 is 2.97 bits per heavy atom. The molecule has 0 spiro atoms. The smallest absolute Gasteiger partial charge is 0.487 e. The first-order valence-corrected chi connectivity index (χ1v) is 10.1. The number of nitrogens with two attached hydrogens (primary N) is 1. The van der Waals surface area contributed by atoms with Gasteiger partial charge in [-0.1, -0.05) is 24.3 Å². The van der Waals surface area contributed by atoms with E-state index in [0.717, 1.165) is 6.07 Å². The third-order valence-electron chi connectivity index (χ3n) is 6.53. The fourth-order valence-corrected chi connectivity index (χ4v) is 4.93. The Morgan fingerprint density at radius 1 is 1.45 bits per heavy atom. The molecule has 31 heavy (non-hydrogen) atoms. The summed E-state index contributed by atoms with van der Waals surface area (Å²) in [6, 6.07) is 0.943. The molecule has 0 amide bonds. The van der Waals surface area contributed by atoms with Crippen LogP contribution in [0.3, 0.4) is 0 Å². The zero-order valence-electron chi connectivity index (χ0n) is 16.9. The van der Waals surface area contributed by atoms with Crippen molar-refractivity contribution in [1.82, 2.24) is 4.57 Å². The molecular weight excluding hydrogens is 405 g/mol. The molecule has 8 nitrogen and oxygen atoms in total. The zero-order chi connectivity index (χ0) is 21.9. The van der Waals surface area contributed by atoms with Crippen LogP contribution in [0.1, 0.15) is 13.0 Å². The van der Waals surface area contributed by atoms with E-state index in [4.69, 9.17) is 15.6 Å². The molecule has 0 bridgehead atoms. The van der Waals surface area contributed by atoms with Crippen LogP contribution < -0.4 is 25.5 Å². The number of ether oxygens (including phenoxy) is 2. The van der Waals surface area contributed by atoms with Gasteiger partial charge < -0.3 is 29.8 Å². The van der Waals surface area contributed by atoms with Crippen molar-refractivity contribution in [2.75, 3.05) is 31.1 Å². The first kappa shape index (κ1) is 19.6. The summed E-state index contributed by atoms with van der Waals surface area (Å²) in [7, 11) is 0. The molecule has 3 unspecified atom stereocenters. The maximum Gasteiger partial charge on any atom is 0.511 e. The molecule has 5 rings (SSSR count). The SMILES string of the molecule is CC1COc2c(N3CC4C=CC=CC4(CN)C3)c(F)cc3c(=O)c(OC(=O)O)cn1c23. The van der Waals surface area contributed by atoms with Crippen molar-refractivity contribution in [3.8, 4) is 11.5 Å². The summed E-state index contributed by atoms with van der Waals surface area (Å²) in [6.45, 7) is 3.62. The van der Waals surface area contributed by atoms with E-state index in [-0.39, 0.29) is 40.9 Å². The highest BCUT2D eigenvalue weighted by molar-refractivity contribution is 5.93. The number of anilines is 1. The van der Waals surface area contributed by atoms with Gasteiger partial charge in [0.05, 0.1) is 23.1 Å². The molecule has 1 fully saturated rings. The van der Waals surface area contributed by atoms with Gasteiger partial charge in [-0.05, 0) is 13.0 Å². The fourth-order valence-electron chi connectivity index (χ4n) is 4.93. The molecule has 0 radical (unpaired) electrons. The first-order chi connectivity index (χ1) is 14.8. The van der Waals surface area contributed by atoms with Crippen LogP contribution in [-0.2, 0) is 0 Å². The van der Waals surface area contributed by atoms with Crippen LogP contribution in [0.4, 0.5) is 14.9 Å². The van der Waals surface area contributed by atoms with Gasteiger partial charge in [0.2, 0.25) is 5.43 Å². The van der Waals surface area contributed by atoms with E-state index in [0.29, 0.717) is 30.8 Å². The molecule has 3 aliphatic rings. The van der Waals surface area contributed by atoms with Crippen molar-refractivity contribution >= 4 is 22.7 Å². The van der Waals surface area contributed by atoms with E-state index in [1.807, 2.05) is 24.0 Å². The average molecular weight is 427 g/mol. The summed E-state index contributed by atoms with van der Waals surface area (Å²) in [4.78, 5) is 25.8. The summed E-state index contributed by atoms with van der Waals surface area (Å²) in [6.07, 6.45) is 7.86. The van der Waals surface area contributed by atoms with Gasteiger partial charge in [0.15, 0.2) is 17.3 Å². The lowest BCUT2D eigenvalue weighted by molar-refractivity contribution is 0.143. The lowest BCUT2D eigenvalue weighted by Crippen LogP contribution is -2.37. The molecule has 9 heteroatoms. The summed E-state index contributed by atoms with van der Waals surface area (Å²) in [5, 5.41) is 8.98. The van der Waals surface area contributed by atoms with Gasteiger partial charge in [0.25, 0.3) is 0 Å². The number of carbonyl (C=O) groups is 1. The van der Waals surface area contributed by atoms with Crippen LogP contribution in [0, 0.1) is 17.2 Å². The monoisotopic (exact) mass is 427 g/mol. The van der Waals surface area contributed by atoms with Crippen LogP contribution in [0.2, 0.25) is 0 Å². The van der Waals surface area contributed by atoms with E-state index >= 15 is 4.39 Å². The Hall–Kier alpha value is -3.33. The molecule has 2 aromatic rings. The predicted octanol–water partition coefficient (Wildman–Crippen LogP) is 2.66. The lowest BCUT2D eigenvalue weighted by atomic mass is 9.75. The standard InChI is InChI=1S/C22H22FN3O5/c1-12-9-30-20-17-14(19(27)16(8-26(12)17)31-21(28)29)6-15(23)18(20)25-7-13-4-2-3-5-22(13,10-24)11-25/h2-6,8,12-13H,7,9-11,24H2,1H3,(H,28,29). The summed E-state index contributed by atoms with van der Waals surface area (Å²) in [5.41, 5.74) is 5.85. The topological polar surface area (TPSA) is 107 Å². The van der Waals surface area contributed by atoms with Gasteiger partial charge >= 0.3 is 6.16 Å². The zero-order valence-corrected chi connectivity index (χ0v) is 16.9. The predicted molar refractivity (Wildman–Crippen MR) is 112 cm³/mol. The van der Waals surface area contributed by atoms with Crippen LogP contribution in [0.25, 0.3) is 10.9 Å². The minimum absolute atomic E-state index is 0.0199. The molecule has 0 saturated carbocycles. The van der Waals surface area contributed by atoms with Gasteiger partial charge in [-0.25, -0.2) is 9.18 Å². The largest absolute Gasteiger partial charge is 0.511 e. The normalized spacial score (nSPS) is 26.1. The number of allylic oxidation sites excluding steroid dienone is 2.